The highest BCUT2D eigenvalue weighted by Gasteiger charge is 2.75. The summed E-state index contributed by atoms with van der Waals surface area (Å²) in [7, 11) is 0. The molecule has 2 heterocycles. The molecule has 6 rings (SSSR count). The van der Waals surface area contributed by atoms with Crippen molar-refractivity contribution in [1.29, 1.82) is 0 Å². The Bertz CT molecular complexity index is 1660. The van der Waals surface area contributed by atoms with Crippen molar-refractivity contribution in [2.45, 2.75) is 96.8 Å². The normalized spacial score (nSPS) is 44.7. The van der Waals surface area contributed by atoms with Gasteiger partial charge in [-0.1, -0.05) is 12.1 Å². The van der Waals surface area contributed by atoms with Gasteiger partial charge in [0.15, 0.2) is 29.1 Å². The molecular weight excluding hydrogens is 692 g/mol. The van der Waals surface area contributed by atoms with Gasteiger partial charge in [-0.25, -0.2) is 0 Å². The highest BCUT2D eigenvalue weighted by atomic mass is 32.1. The lowest BCUT2D eigenvalue weighted by Crippen LogP contribution is -2.77. The van der Waals surface area contributed by atoms with Gasteiger partial charge >= 0.3 is 0 Å². The van der Waals surface area contributed by atoms with Crippen LogP contribution in [0.1, 0.15) is 34.1 Å². The van der Waals surface area contributed by atoms with Gasteiger partial charge in [-0.05, 0) is 19.1 Å². The van der Waals surface area contributed by atoms with Crippen LogP contribution >= 0.6 is 12.6 Å². The van der Waals surface area contributed by atoms with Crippen molar-refractivity contribution in [1.82, 2.24) is 0 Å². The zero-order chi connectivity index (χ0) is 36.8. The Balaban J connectivity index is 1.61. The fourth-order valence-corrected chi connectivity index (χ4v) is 7.49. The van der Waals surface area contributed by atoms with Gasteiger partial charge in [-0.3, -0.25) is 14.4 Å². The fourth-order valence-electron chi connectivity index (χ4n) is 7.18. The predicted octanol–water partition coefficient (Wildman–Crippen LogP) is -4.91. The summed E-state index contributed by atoms with van der Waals surface area (Å²) in [4.78, 5) is 42.5. The average Bonchev–Trinajstić information content (AvgIpc) is 3.07. The van der Waals surface area contributed by atoms with E-state index >= 15 is 0 Å². The number of fused-ring (bicyclic) bond motifs is 3. The number of Topliss-reactive ketones (excluding diaryl/α,β-unsaturated/α-hetero) is 3. The molecule has 0 spiro atoms. The summed E-state index contributed by atoms with van der Waals surface area (Å²) in [6.07, 6.45) is -19.7. The molecule has 2 aliphatic heterocycles. The minimum absolute atomic E-state index is 0.477. The molecule has 0 radical (unpaired) electrons. The maximum absolute atomic E-state index is 14.3. The van der Waals surface area contributed by atoms with Crippen LogP contribution in [-0.2, 0) is 23.7 Å². The molecule has 0 unspecified atom stereocenters. The van der Waals surface area contributed by atoms with Crippen molar-refractivity contribution in [3.63, 3.8) is 0 Å². The van der Waals surface area contributed by atoms with Crippen LogP contribution in [-0.4, -0.2) is 170 Å². The number of benzene rings is 1. The number of aliphatic hydroxyl groups is 10. The highest BCUT2D eigenvalue weighted by Crippen LogP contribution is 2.57. The fraction of sp³-hybridized carbons (Fsp3) is 0.581. The predicted molar refractivity (Wildman–Crippen MR) is 162 cm³/mol. The minimum Gasteiger partial charge on any atom is -0.507 e. The second-order valence-corrected chi connectivity index (χ2v) is 13.7. The Morgan fingerprint density at radius 3 is 2.08 bits per heavy atom. The van der Waals surface area contributed by atoms with E-state index in [0.29, 0.717) is 0 Å². The van der Waals surface area contributed by atoms with Gasteiger partial charge in [0.25, 0.3) is 0 Å². The lowest BCUT2D eigenvalue weighted by atomic mass is 9.55. The van der Waals surface area contributed by atoms with Crippen LogP contribution in [0.4, 0.5) is 0 Å². The summed E-state index contributed by atoms with van der Waals surface area (Å²) >= 11 is 4.24. The first-order valence-electron chi connectivity index (χ1n) is 15.4. The number of carbonyl (C=O) groups is 3. The molecular formula is C31H36O18S. The molecule has 50 heavy (non-hydrogen) atoms. The van der Waals surface area contributed by atoms with Crippen molar-refractivity contribution in [3.05, 3.63) is 52.3 Å². The van der Waals surface area contributed by atoms with Crippen LogP contribution in [0, 0.1) is 0 Å². The molecule has 0 amide bonds. The number of carbonyl (C=O) groups excluding carboxylic acids is 3. The number of hydrogen-bond acceptors (Lipinski definition) is 19. The standard InChI is InChI=1S/C31H36O18S/c1-29(44)8-30(49-27-23(41)21(39)19(37)12(6-32)46-27)14(48-28-24(50)22(40)20(38)13(7-33)47-28)5-10-16(31(30,45)26(43)25(29)42)18(36)9-3-2-4-11(34)15(9)17(10)35/h2-5,12-13,19-25,27-28,32-34,37-42,44-45,50H,6-8H2,1H3/t12-,13-,19-,20-,21+,22+,23-,24-,25-,27-,28-,29+,30+,31+/m1/s1. The molecule has 274 valence electrons. The summed E-state index contributed by atoms with van der Waals surface area (Å²) in [5.74, 6) is -5.58. The van der Waals surface area contributed by atoms with Gasteiger partial charge in [0, 0.05) is 17.6 Å². The molecule has 2 saturated heterocycles. The molecule has 1 aromatic carbocycles. The van der Waals surface area contributed by atoms with Gasteiger partial charge in [0.1, 0.15) is 60.3 Å². The molecule has 11 N–H and O–H groups in total. The summed E-state index contributed by atoms with van der Waals surface area (Å²) < 4.78 is 23.2. The molecule has 0 aromatic heterocycles. The van der Waals surface area contributed by atoms with Crippen molar-refractivity contribution >= 4 is 30.0 Å². The first kappa shape index (κ1) is 36.9. The number of aromatic hydroxyl groups is 1. The van der Waals surface area contributed by atoms with Crippen molar-refractivity contribution in [2.75, 3.05) is 13.2 Å². The van der Waals surface area contributed by atoms with E-state index in [0.717, 1.165) is 25.1 Å². The molecule has 0 bridgehead atoms. The molecule has 3 aliphatic carbocycles. The number of allylic oxidation sites excluding steroid dienone is 2. The minimum atomic E-state index is -3.54. The van der Waals surface area contributed by atoms with E-state index < -0.39 is 154 Å². The monoisotopic (exact) mass is 728 g/mol. The van der Waals surface area contributed by atoms with E-state index in [1.807, 2.05) is 0 Å². The summed E-state index contributed by atoms with van der Waals surface area (Å²) in [5.41, 5.74) is -11.9. The average molecular weight is 729 g/mol. The molecule has 19 heteroatoms. The summed E-state index contributed by atoms with van der Waals surface area (Å²) in [5, 5.41) is 117. The first-order valence-corrected chi connectivity index (χ1v) is 15.9. The Hall–Kier alpha value is -2.86. The molecule has 5 aliphatic rings. The first-order chi connectivity index (χ1) is 23.4. The van der Waals surface area contributed by atoms with Crippen LogP contribution in [0.25, 0.3) is 0 Å². The largest absolute Gasteiger partial charge is 0.507 e. The van der Waals surface area contributed by atoms with Crippen LogP contribution in [0.5, 0.6) is 5.75 Å². The quantitative estimate of drug-likeness (QED) is 0.122. The third-order valence-corrected chi connectivity index (χ3v) is 10.5. The number of phenolic OH excluding ortho intramolecular Hbond substituents is 1. The van der Waals surface area contributed by atoms with Crippen molar-refractivity contribution in [2.24, 2.45) is 0 Å². The molecule has 1 saturated carbocycles. The lowest BCUT2D eigenvalue weighted by molar-refractivity contribution is -0.353. The van der Waals surface area contributed by atoms with E-state index in [-0.39, 0.29) is 0 Å². The number of rotatable bonds is 6. The van der Waals surface area contributed by atoms with Crippen LogP contribution in [0.3, 0.4) is 0 Å². The number of aliphatic hydroxyl groups excluding tert-OH is 8. The number of ether oxygens (including phenoxy) is 4. The Labute approximate surface area is 287 Å². The van der Waals surface area contributed by atoms with E-state index in [9.17, 15) is 70.6 Å². The maximum Gasteiger partial charge on any atom is 0.214 e. The van der Waals surface area contributed by atoms with Crippen molar-refractivity contribution < 1.29 is 89.5 Å². The summed E-state index contributed by atoms with van der Waals surface area (Å²) in [6.45, 7) is -0.887. The topological polar surface area (TPSA) is 311 Å². The Morgan fingerprint density at radius 2 is 1.46 bits per heavy atom. The smallest absolute Gasteiger partial charge is 0.214 e. The van der Waals surface area contributed by atoms with Crippen LogP contribution < -0.4 is 0 Å². The van der Waals surface area contributed by atoms with Gasteiger partial charge in [0.2, 0.25) is 12.1 Å². The highest BCUT2D eigenvalue weighted by molar-refractivity contribution is 7.81. The molecule has 3 fully saturated rings. The van der Waals surface area contributed by atoms with Gasteiger partial charge < -0.3 is 75.1 Å². The van der Waals surface area contributed by atoms with Gasteiger partial charge in [-0.2, -0.15) is 12.6 Å². The van der Waals surface area contributed by atoms with E-state index in [1.54, 1.807) is 0 Å². The summed E-state index contributed by atoms with van der Waals surface area (Å²) in [6, 6.07) is 3.41. The molecule has 14 atom stereocenters. The number of phenols is 1. The van der Waals surface area contributed by atoms with E-state index in [1.165, 1.54) is 6.07 Å². The van der Waals surface area contributed by atoms with E-state index in [4.69, 9.17) is 18.9 Å². The zero-order valence-electron chi connectivity index (χ0n) is 26.0. The van der Waals surface area contributed by atoms with Crippen LogP contribution in [0.15, 0.2) is 41.2 Å². The number of thiol groups is 1. The maximum atomic E-state index is 14.3. The Morgan fingerprint density at radius 1 is 0.860 bits per heavy atom. The van der Waals surface area contributed by atoms with Crippen LogP contribution in [0.2, 0.25) is 0 Å². The molecule has 18 nitrogen and oxygen atoms in total. The van der Waals surface area contributed by atoms with Gasteiger partial charge in [0.05, 0.1) is 35.2 Å². The SMILES string of the molecule is C[C@]1(O)C[C@]2(O[C@H]3O[C@H](CO)[C@@H](O)[C@H](O)[C@H]3O)C(O[C@H]3O[C@H](CO)[C@@H](O)[C@H](O)[C@H]3S)=CC3=C(C(=O)c4cccc(O)c4C3=O)[C@]2(O)C(=O)[C@H]1O. The second-order valence-electron chi connectivity index (χ2n) is 13.1. The lowest BCUT2D eigenvalue weighted by Gasteiger charge is -2.58. The number of ketones is 3. The third kappa shape index (κ3) is 5.11. The second kappa shape index (κ2) is 12.7. The van der Waals surface area contributed by atoms with Gasteiger partial charge in [-0.15, -0.1) is 0 Å². The third-order valence-electron chi connectivity index (χ3n) is 9.93. The van der Waals surface area contributed by atoms with E-state index in [2.05, 4.69) is 12.6 Å². The Kier molecular flexibility index (Phi) is 9.35. The van der Waals surface area contributed by atoms with Crippen molar-refractivity contribution in [3.8, 4) is 5.75 Å². The zero-order valence-corrected chi connectivity index (χ0v) is 26.9. The molecule has 1 aromatic rings. The number of hydrogen-bond donors (Lipinski definition) is 12.